The van der Waals surface area contributed by atoms with Crippen molar-refractivity contribution in [2.24, 2.45) is 26.8 Å². The summed E-state index contributed by atoms with van der Waals surface area (Å²) in [5.41, 5.74) is 14.6. The molecule has 1 saturated heterocycles. The molecule has 8 bridgehead atoms. The summed E-state index contributed by atoms with van der Waals surface area (Å²) in [6, 6.07) is 0. The normalized spacial score (nSPS) is 24.9. The number of carbonyl (C=O) groups is 1. The molecule has 6 rings (SSSR count). The molecule has 7 heteroatoms. The van der Waals surface area contributed by atoms with Crippen molar-refractivity contribution in [3.8, 4) is 0 Å². The van der Waals surface area contributed by atoms with Crippen molar-refractivity contribution in [2.75, 3.05) is 6.61 Å². The first-order valence-corrected chi connectivity index (χ1v) is 14.4. The lowest BCUT2D eigenvalue weighted by Crippen LogP contribution is -2.15. The van der Waals surface area contributed by atoms with E-state index in [1.165, 1.54) is 5.57 Å². The molecule has 2 N–H and O–H groups in total. The van der Waals surface area contributed by atoms with Crippen LogP contribution < -0.4 is 5.32 Å². The van der Waals surface area contributed by atoms with Crippen molar-refractivity contribution in [2.45, 2.75) is 60.3 Å². The third-order valence-electron chi connectivity index (χ3n) is 9.15. The molecular formula is C34H36N4O3. The summed E-state index contributed by atoms with van der Waals surface area (Å²) in [6.07, 6.45) is 11.0. The number of hydrogen-bond donors (Lipinski definition) is 2. The second-order valence-electron chi connectivity index (χ2n) is 11.3. The summed E-state index contributed by atoms with van der Waals surface area (Å²) in [7, 11) is 0. The highest BCUT2D eigenvalue weighted by Crippen LogP contribution is 2.46. The lowest BCUT2D eigenvalue weighted by molar-refractivity contribution is -0.128. The van der Waals surface area contributed by atoms with Gasteiger partial charge >= 0.3 is 0 Å². The molecule has 0 aromatic rings. The van der Waals surface area contributed by atoms with Crippen LogP contribution in [0.25, 0.3) is 0 Å². The van der Waals surface area contributed by atoms with Crippen LogP contribution in [0.4, 0.5) is 0 Å². The summed E-state index contributed by atoms with van der Waals surface area (Å²) in [5, 5.41) is 14.9. The summed E-state index contributed by atoms with van der Waals surface area (Å²) in [6.45, 7) is 15.6. The van der Waals surface area contributed by atoms with Crippen molar-refractivity contribution < 1.29 is 14.6 Å². The van der Waals surface area contributed by atoms with Crippen LogP contribution in [0, 0.1) is 11.8 Å². The van der Waals surface area contributed by atoms with E-state index in [1.807, 2.05) is 13.0 Å². The fraction of sp³-hybridized carbons (Fsp3) is 0.353. The Hall–Kier alpha value is -4.26. The number of fused-ring (bicyclic) bond motifs is 5. The van der Waals surface area contributed by atoms with E-state index in [2.05, 4.69) is 57.8 Å². The van der Waals surface area contributed by atoms with Gasteiger partial charge in [-0.05, 0) is 80.6 Å². The van der Waals surface area contributed by atoms with Crippen LogP contribution in [-0.4, -0.2) is 35.3 Å². The van der Waals surface area contributed by atoms with Crippen molar-refractivity contribution in [3.05, 3.63) is 104 Å². The van der Waals surface area contributed by atoms with E-state index in [0.717, 1.165) is 98.3 Å². The van der Waals surface area contributed by atoms with E-state index in [-0.39, 0.29) is 11.8 Å². The average molecular weight is 549 g/mol. The zero-order valence-corrected chi connectivity index (χ0v) is 24.4. The van der Waals surface area contributed by atoms with E-state index >= 15 is 0 Å². The third kappa shape index (κ3) is 4.26. The molecule has 5 aliphatic heterocycles. The highest BCUT2D eigenvalue weighted by Gasteiger charge is 2.41. The molecule has 1 aliphatic carbocycles. The van der Waals surface area contributed by atoms with Gasteiger partial charge in [0, 0.05) is 46.4 Å². The quantitative estimate of drug-likeness (QED) is 0.270. The standard InChI is InChI=1S/C34H36N4O3/c1-7-21-17(3)25-13-27-19(5)23(10-9-11-41-16-39)33(37-27)24-12-31(40)32-20(6)28(38-34(24)32)15-30-22(8-2)18(4)26(36-30)14-29(21)35-25/h7,13-16,19,23,37,40H,1,8-12H2,2-6H3/t19-,23?/m0/s1. The van der Waals surface area contributed by atoms with Crippen molar-refractivity contribution in [3.63, 3.8) is 0 Å². The Kier molecular flexibility index (Phi) is 6.76. The number of aliphatic hydroxyl groups excluding tert-OH is 1. The van der Waals surface area contributed by atoms with E-state index in [0.29, 0.717) is 25.3 Å². The van der Waals surface area contributed by atoms with Gasteiger partial charge in [-0.15, -0.1) is 0 Å². The molecule has 0 saturated carbocycles. The largest absolute Gasteiger partial charge is 0.511 e. The van der Waals surface area contributed by atoms with Crippen molar-refractivity contribution >= 4 is 23.6 Å². The molecule has 0 aromatic heterocycles. The average Bonchev–Trinajstić information content (AvgIpc) is 3.69. The molecule has 210 valence electrons. The predicted octanol–water partition coefficient (Wildman–Crippen LogP) is 6.80. The zero-order chi connectivity index (χ0) is 29.0. The minimum absolute atomic E-state index is 0.152. The monoisotopic (exact) mass is 548 g/mol. The number of allylic oxidation sites excluding steroid dienone is 12. The molecule has 7 nitrogen and oxygen atoms in total. The molecule has 5 heterocycles. The first-order valence-electron chi connectivity index (χ1n) is 14.4. The molecule has 6 aliphatic rings. The number of nitrogens with one attached hydrogen (secondary N) is 1. The molecule has 0 aromatic carbocycles. The van der Waals surface area contributed by atoms with Gasteiger partial charge in [0.05, 0.1) is 40.8 Å². The summed E-state index contributed by atoms with van der Waals surface area (Å²) in [4.78, 5) is 26.0. The molecule has 1 unspecified atom stereocenters. The first kappa shape index (κ1) is 26.9. The van der Waals surface area contributed by atoms with Gasteiger partial charge in [-0.25, -0.2) is 15.0 Å². The third-order valence-corrected chi connectivity index (χ3v) is 9.15. The maximum atomic E-state index is 11.2. The number of aliphatic imine (C=N–C) groups is 3. The van der Waals surface area contributed by atoms with E-state index < -0.39 is 0 Å². The van der Waals surface area contributed by atoms with E-state index in [1.54, 1.807) is 0 Å². The first-order chi connectivity index (χ1) is 19.8. The molecule has 41 heavy (non-hydrogen) atoms. The second kappa shape index (κ2) is 10.3. The number of aliphatic hydroxyl groups is 1. The highest BCUT2D eigenvalue weighted by atomic mass is 16.5. The Labute approximate surface area is 241 Å². The van der Waals surface area contributed by atoms with Crippen LogP contribution in [0.2, 0.25) is 0 Å². The van der Waals surface area contributed by atoms with Crippen LogP contribution >= 0.6 is 0 Å². The zero-order valence-electron chi connectivity index (χ0n) is 24.4. The van der Waals surface area contributed by atoms with E-state index in [9.17, 15) is 9.90 Å². The van der Waals surface area contributed by atoms with Crippen LogP contribution in [0.1, 0.15) is 60.3 Å². The van der Waals surface area contributed by atoms with Gasteiger partial charge in [0.25, 0.3) is 6.47 Å². The Morgan fingerprint density at radius 2 is 1.83 bits per heavy atom. The molecule has 1 fully saturated rings. The Morgan fingerprint density at radius 3 is 2.56 bits per heavy atom. The van der Waals surface area contributed by atoms with Crippen LogP contribution in [-0.2, 0) is 9.53 Å². The van der Waals surface area contributed by atoms with Gasteiger partial charge in [-0.3, -0.25) is 4.79 Å². The SMILES string of the molecule is C=CC1=C(C)C2=NC1=CC1=NC(=CC3=C(C)C4=C(O)CC(=C5NC(=C2)[C@@H](C)C5CCCOC=O)C4=N3)C(CC)=C1C. The topological polar surface area (TPSA) is 95.6 Å². The van der Waals surface area contributed by atoms with Crippen LogP contribution in [0.15, 0.2) is 119 Å². The lowest BCUT2D eigenvalue weighted by atomic mass is 9.86. The minimum Gasteiger partial charge on any atom is -0.511 e. The molecule has 0 amide bonds. The highest BCUT2D eigenvalue weighted by molar-refractivity contribution is 6.21. The number of nitrogens with zero attached hydrogens (tertiary/aromatic N) is 3. The predicted molar refractivity (Wildman–Crippen MR) is 163 cm³/mol. The molecule has 0 spiro atoms. The van der Waals surface area contributed by atoms with Crippen molar-refractivity contribution in [1.29, 1.82) is 0 Å². The second-order valence-corrected chi connectivity index (χ2v) is 11.3. The van der Waals surface area contributed by atoms with Gasteiger partial charge < -0.3 is 15.2 Å². The van der Waals surface area contributed by atoms with Gasteiger partial charge in [0.1, 0.15) is 5.76 Å². The minimum atomic E-state index is 0.152. The number of hydrogen-bond acceptors (Lipinski definition) is 7. The van der Waals surface area contributed by atoms with Crippen molar-refractivity contribution in [1.82, 2.24) is 5.32 Å². The summed E-state index contributed by atoms with van der Waals surface area (Å²) in [5.74, 6) is 0.675. The van der Waals surface area contributed by atoms with Crippen LogP contribution in [0.3, 0.4) is 0 Å². The van der Waals surface area contributed by atoms with Gasteiger partial charge in [0.15, 0.2) is 0 Å². The molecule has 0 radical (unpaired) electrons. The summed E-state index contributed by atoms with van der Waals surface area (Å²) < 4.78 is 5.01. The maximum Gasteiger partial charge on any atom is 0.293 e. The molecular weight excluding hydrogens is 512 g/mol. The fourth-order valence-electron chi connectivity index (χ4n) is 6.82. The van der Waals surface area contributed by atoms with E-state index in [4.69, 9.17) is 19.7 Å². The number of carbonyl (C=O) groups excluding carboxylic acids is 1. The number of ether oxygens (including phenoxy) is 1. The van der Waals surface area contributed by atoms with Gasteiger partial charge in [-0.2, -0.15) is 0 Å². The Bertz CT molecular complexity index is 1650. The smallest absolute Gasteiger partial charge is 0.293 e. The fourth-order valence-corrected chi connectivity index (χ4v) is 6.82. The molecule has 2 atom stereocenters. The number of rotatable bonds is 7. The summed E-state index contributed by atoms with van der Waals surface area (Å²) >= 11 is 0. The maximum absolute atomic E-state index is 11.2. The lowest BCUT2D eigenvalue weighted by Gasteiger charge is -2.17. The van der Waals surface area contributed by atoms with Crippen LogP contribution in [0.5, 0.6) is 0 Å². The Balaban J connectivity index is 1.57. The Morgan fingerprint density at radius 1 is 1.07 bits per heavy atom. The van der Waals surface area contributed by atoms with Gasteiger partial charge in [0.2, 0.25) is 0 Å². The van der Waals surface area contributed by atoms with Gasteiger partial charge in [-0.1, -0.05) is 26.5 Å².